The van der Waals surface area contributed by atoms with Crippen LogP contribution in [0.25, 0.3) is 0 Å². The Hall–Kier alpha value is -0.630. The van der Waals surface area contributed by atoms with Gasteiger partial charge in [-0.2, -0.15) is 0 Å². The molecule has 4 aliphatic rings. The van der Waals surface area contributed by atoms with Gasteiger partial charge in [0.1, 0.15) is 5.78 Å². The molecule has 0 saturated heterocycles. The van der Waals surface area contributed by atoms with Crippen LogP contribution in [0.5, 0.6) is 0 Å². The maximum absolute atomic E-state index is 13.8. The van der Waals surface area contributed by atoms with Gasteiger partial charge in [0.2, 0.25) is 0 Å². The molecule has 0 amide bonds. The zero-order valence-electron chi connectivity index (χ0n) is 20.4. The van der Waals surface area contributed by atoms with E-state index in [0.29, 0.717) is 47.2 Å². The molecule has 0 aromatic rings. The molecule has 2 nitrogen and oxygen atoms in total. The van der Waals surface area contributed by atoms with Crippen LogP contribution in [0.1, 0.15) is 92.9 Å². The lowest BCUT2D eigenvalue weighted by Crippen LogP contribution is -2.57. The SMILES string of the molecule is CC(C)C(C)C=CC(C)C1CCC2C3CCC4CC(O)CCC4(C)C3C(=O)CC12C. The largest absolute Gasteiger partial charge is 0.393 e. The van der Waals surface area contributed by atoms with Gasteiger partial charge in [0.25, 0.3) is 0 Å². The summed E-state index contributed by atoms with van der Waals surface area (Å²) in [5, 5.41) is 10.2. The quantitative estimate of drug-likeness (QED) is 0.522. The van der Waals surface area contributed by atoms with Gasteiger partial charge in [-0.3, -0.25) is 4.79 Å². The summed E-state index contributed by atoms with van der Waals surface area (Å²) in [5.74, 6) is 5.18. The molecule has 0 aliphatic heterocycles. The second-order valence-electron chi connectivity index (χ2n) is 12.6. The van der Waals surface area contributed by atoms with Crippen LogP contribution in [0.2, 0.25) is 0 Å². The molecule has 0 radical (unpaired) electrons. The molecule has 1 N–H and O–H groups in total. The van der Waals surface area contributed by atoms with Crippen molar-refractivity contribution >= 4 is 5.78 Å². The highest BCUT2D eigenvalue weighted by molar-refractivity contribution is 5.84. The zero-order chi connectivity index (χ0) is 21.8. The number of fused-ring (bicyclic) bond motifs is 5. The summed E-state index contributed by atoms with van der Waals surface area (Å²) in [5.41, 5.74) is 0.317. The van der Waals surface area contributed by atoms with E-state index >= 15 is 0 Å². The van der Waals surface area contributed by atoms with Gasteiger partial charge in [-0.05, 0) is 97.2 Å². The summed E-state index contributed by atoms with van der Waals surface area (Å²) >= 11 is 0. The standard InChI is InChI=1S/C28H46O2/c1-17(2)18(3)7-8-19(4)23-11-12-24-22-10-9-20-15-21(29)13-14-27(20,5)26(22)25(30)16-28(23,24)6/h7-8,17-24,26,29H,9-16H2,1-6H3. The highest BCUT2D eigenvalue weighted by atomic mass is 16.3. The third-order valence-electron chi connectivity index (χ3n) is 10.8. The summed E-state index contributed by atoms with van der Waals surface area (Å²) < 4.78 is 0. The van der Waals surface area contributed by atoms with Crippen LogP contribution in [-0.2, 0) is 4.79 Å². The van der Waals surface area contributed by atoms with Crippen LogP contribution in [0.15, 0.2) is 12.2 Å². The maximum Gasteiger partial charge on any atom is 0.137 e. The Bertz CT molecular complexity index is 680. The summed E-state index contributed by atoms with van der Waals surface area (Å²) in [6.07, 6.45) is 13.5. The zero-order valence-corrected chi connectivity index (χ0v) is 20.4. The summed E-state index contributed by atoms with van der Waals surface area (Å²) in [4.78, 5) is 13.8. The number of aliphatic hydroxyl groups excluding tert-OH is 1. The van der Waals surface area contributed by atoms with Crippen LogP contribution < -0.4 is 0 Å². The van der Waals surface area contributed by atoms with Crippen LogP contribution in [0.4, 0.5) is 0 Å². The van der Waals surface area contributed by atoms with E-state index in [1.165, 1.54) is 25.7 Å². The monoisotopic (exact) mass is 414 g/mol. The number of ketones is 1. The fourth-order valence-corrected chi connectivity index (χ4v) is 8.66. The van der Waals surface area contributed by atoms with Gasteiger partial charge in [0, 0.05) is 12.3 Å². The van der Waals surface area contributed by atoms with E-state index in [4.69, 9.17) is 0 Å². The maximum atomic E-state index is 13.8. The minimum atomic E-state index is -0.139. The Balaban J connectivity index is 1.56. The van der Waals surface area contributed by atoms with Crippen molar-refractivity contribution in [3.63, 3.8) is 0 Å². The minimum absolute atomic E-state index is 0.136. The van der Waals surface area contributed by atoms with Crippen molar-refractivity contribution in [2.24, 2.45) is 58.2 Å². The number of aliphatic hydroxyl groups is 1. The van der Waals surface area contributed by atoms with Crippen LogP contribution in [0, 0.1) is 58.2 Å². The molecule has 0 spiro atoms. The van der Waals surface area contributed by atoms with Gasteiger partial charge in [0.05, 0.1) is 6.10 Å². The molecular formula is C28H46O2. The molecule has 2 heteroatoms. The Morgan fingerprint density at radius 3 is 2.40 bits per heavy atom. The summed E-state index contributed by atoms with van der Waals surface area (Å²) in [6.45, 7) is 14.2. The summed E-state index contributed by atoms with van der Waals surface area (Å²) in [6, 6.07) is 0. The van der Waals surface area contributed by atoms with Crippen molar-refractivity contribution in [1.29, 1.82) is 0 Å². The predicted molar refractivity (Wildman–Crippen MR) is 124 cm³/mol. The highest BCUT2D eigenvalue weighted by Crippen LogP contribution is 2.67. The smallest absolute Gasteiger partial charge is 0.137 e. The number of carbonyl (C=O) groups excluding carboxylic acids is 1. The van der Waals surface area contributed by atoms with E-state index < -0.39 is 0 Å². The lowest BCUT2D eigenvalue weighted by atomic mass is 9.44. The second kappa shape index (κ2) is 8.05. The third kappa shape index (κ3) is 3.54. The Morgan fingerprint density at radius 2 is 1.70 bits per heavy atom. The van der Waals surface area contributed by atoms with Crippen molar-refractivity contribution in [1.82, 2.24) is 0 Å². The molecule has 10 atom stereocenters. The fraction of sp³-hybridized carbons (Fsp3) is 0.893. The van der Waals surface area contributed by atoms with Gasteiger partial charge in [0.15, 0.2) is 0 Å². The first-order chi connectivity index (χ1) is 14.1. The van der Waals surface area contributed by atoms with E-state index in [0.717, 1.165) is 25.7 Å². The number of Topliss-reactive ketones (excluding diaryl/α,β-unsaturated/α-hetero) is 1. The molecule has 10 unspecified atom stereocenters. The van der Waals surface area contributed by atoms with E-state index in [-0.39, 0.29) is 22.9 Å². The Labute approximate surface area is 185 Å². The molecule has 170 valence electrons. The molecule has 4 aliphatic carbocycles. The molecule has 0 aromatic heterocycles. The van der Waals surface area contributed by atoms with Crippen molar-refractivity contribution in [2.75, 3.05) is 0 Å². The fourth-order valence-electron chi connectivity index (χ4n) is 8.66. The van der Waals surface area contributed by atoms with Crippen LogP contribution in [-0.4, -0.2) is 17.0 Å². The number of allylic oxidation sites excluding steroid dienone is 2. The molecule has 4 rings (SSSR count). The Morgan fingerprint density at radius 1 is 0.967 bits per heavy atom. The predicted octanol–water partition coefficient (Wildman–Crippen LogP) is 6.67. The van der Waals surface area contributed by atoms with Crippen LogP contribution in [0.3, 0.4) is 0 Å². The van der Waals surface area contributed by atoms with Crippen molar-refractivity contribution in [3.8, 4) is 0 Å². The van der Waals surface area contributed by atoms with Crippen molar-refractivity contribution < 1.29 is 9.90 Å². The molecular weight excluding hydrogens is 368 g/mol. The molecule has 0 heterocycles. The first kappa shape index (κ1) is 22.6. The lowest BCUT2D eigenvalue weighted by Gasteiger charge is -2.60. The third-order valence-corrected chi connectivity index (χ3v) is 10.8. The number of hydrogen-bond acceptors (Lipinski definition) is 2. The van der Waals surface area contributed by atoms with Crippen molar-refractivity contribution in [2.45, 2.75) is 99.0 Å². The van der Waals surface area contributed by atoms with E-state index in [1.54, 1.807) is 0 Å². The summed E-state index contributed by atoms with van der Waals surface area (Å²) in [7, 11) is 0. The minimum Gasteiger partial charge on any atom is -0.393 e. The van der Waals surface area contributed by atoms with Gasteiger partial charge in [-0.1, -0.05) is 53.7 Å². The van der Waals surface area contributed by atoms with E-state index in [1.807, 2.05) is 0 Å². The van der Waals surface area contributed by atoms with Gasteiger partial charge in [-0.15, -0.1) is 0 Å². The molecule has 4 fully saturated rings. The van der Waals surface area contributed by atoms with Crippen molar-refractivity contribution in [3.05, 3.63) is 12.2 Å². The number of hydrogen-bond donors (Lipinski definition) is 1. The average Bonchev–Trinajstić information content (AvgIpc) is 3.02. The molecule has 0 aromatic carbocycles. The van der Waals surface area contributed by atoms with Crippen LogP contribution >= 0.6 is 0 Å². The first-order valence-corrected chi connectivity index (χ1v) is 13.0. The number of rotatable bonds is 4. The second-order valence-corrected chi connectivity index (χ2v) is 12.6. The normalized spacial score (nSPS) is 48.3. The highest BCUT2D eigenvalue weighted by Gasteiger charge is 2.63. The molecule has 4 saturated carbocycles. The van der Waals surface area contributed by atoms with E-state index in [2.05, 4.69) is 53.7 Å². The number of carbonyl (C=O) groups is 1. The topological polar surface area (TPSA) is 37.3 Å². The average molecular weight is 415 g/mol. The Kier molecular flexibility index (Phi) is 6.06. The molecule has 30 heavy (non-hydrogen) atoms. The van der Waals surface area contributed by atoms with Gasteiger partial charge >= 0.3 is 0 Å². The van der Waals surface area contributed by atoms with Gasteiger partial charge < -0.3 is 5.11 Å². The van der Waals surface area contributed by atoms with E-state index in [9.17, 15) is 9.90 Å². The van der Waals surface area contributed by atoms with Gasteiger partial charge in [-0.25, -0.2) is 0 Å². The first-order valence-electron chi connectivity index (χ1n) is 13.0. The molecule has 0 bridgehead atoms. The lowest BCUT2D eigenvalue weighted by molar-refractivity contribution is -0.162.